The first-order valence-corrected chi connectivity index (χ1v) is 16.3. The SMILES string of the molecule is CC1=CC2CC1C1C(=O)N(c3ccc(-c4cc(C(=O)OC(CCCl)C(=O)c5ccc(Cl)cc5)c5cccc(Cl)c5n4)cc3)C(=O)C21. The van der Waals surface area contributed by atoms with Gasteiger partial charge in [0.15, 0.2) is 6.10 Å². The number of allylic oxidation sites excluding steroid dienone is 2. The smallest absolute Gasteiger partial charge is 0.339 e. The molecule has 5 unspecified atom stereocenters. The lowest BCUT2D eigenvalue weighted by Gasteiger charge is -2.19. The van der Waals surface area contributed by atoms with Gasteiger partial charge in [-0.15, -0.1) is 11.6 Å². The van der Waals surface area contributed by atoms with Crippen LogP contribution >= 0.6 is 34.8 Å². The first-order chi connectivity index (χ1) is 22.2. The zero-order chi connectivity index (χ0) is 32.3. The second-order valence-electron chi connectivity index (χ2n) is 12.0. The van der Waals surface area contributed by atoms with Crippen molar-refractivity contribution in [1.29, 1.82) is 0 Å². The van der Waals surface area contributed by atoms with Crippen LogP contribution in [0.1, 0.15) is 40.5 Å². The normalized spacial score (nSPS) is 22.3. The Morgan fingerprint density at radius 1 is 0.978 bits per heavy atom. The monoisotopic (exact) mass is 672 g/mol. The number of carbonyl (C=O) groups is 4. The van der Waals surface area contributed by atoms with E-state index in [1.54, 1.807) is 72.8 Å². The van der Waals surface area contributed by atoms with Gasteiger partial charge in [0.2, 0.25) is 17.6 Å². The van der Waals surface area contributed by atoms with Crippen LogP contribution in [0, 0.1) is 23.7 Å². The van der Waals surface area contributed by atoms with Crippen molar-refractivity contribution < 1.29 is 23.9 Å². The topological polar surface area (TPSA) is 93.6 Å². The largest absolute Gasteiger partial charge is 0.450 e. The molecule has 3 aromatic carbocycles. The molecule has 232 valence electrons. The number of ketones is 1. The van der Waals surface area contributed by atoms with Crippen molar-refractivity contribution in [2.45, 2.75) is 25.9 Å². The number of nitrogens with zero attached hydrogens (tertiary/aromatic N) is 2. The Bertz CT molecular complexity index is 1960. The summed E-state index contributed by atoms with van der Waals surface area (Å²) in [7, 11) is 0. The molecule has 4 aromatic rings. The molecule has 1 aromatic heterocycles. The summed E-state index contributed by atoms with van der Waals surface area (Å²) < 4.78 is 5.78. The molecular formula is C36H27Cl3N2O5. The summed E-state index contributed by atoms with van der Waals surface area (Å²) in [6.07, 6.45) is 2.00. The third-order valence-corrected chi connectivity index (χ3v) is 10.1. The van der Waals surface area contributed by atoms with Crippen LogP contribution in [-0.4, -0.2) is 40.5 Å². The summed E-state index contributed by atoms with van der Waals surface area (Å²) in [6, 6.07) is 19.9. The first-order valence-electron chi connectivity index (χ1n) is 15.0. The second kappa shape index (κ2) is 12.0. The molecule has 1 aliphatic heterocycles. The summed E-state index contributed by atoms with van der Waals surface area (Å²) in [5.41, 5.74) is 3.64. The molecule has 2 amide bonds. The average molecular weight is 674 g/mol. The van der Waals surface area contributed by atoms with E-state index in [1.807, 2.05) is 6.92 Å². The third kappa shape index (κ3) is 5.11. The van der Waals surface area contributed by atoms with E-state index in [4.69, 9.17) is 44.5 Å². The van der Waals surface area contributed by atoms with Crippen molar-refractivity contribution in [3.8, 4) is 11.3 Å². The van der Waals surface area contributed by atoms with Crippen LogP contribution in [0.15, 0.2) is 84.4 Å². The number of hydrogen-bond donors (Lipinski definition) is 0. The summed E-state index contributed by atoms with van der Waals surface area (Å²) in [4.78, 5) is 59.9. The lowest BCUT2D eigenvalue weighted by atomic mass is 9.82. The van der Waals surface area contributed by atoms with E-state index >= 15 is 0 Å². The van der Waals surface area contributed by atoms with Crippen molar-refractivity contribution in [3.63, 3.8) is 0 Å². The number of aromatic nitrogens is 1. The molecule has 3 aliphatic rings. The quantitative estimate of drug-likeness (QED) is 0.0620. The predicted octanol–water partition coefficient (Wildman–Crippen LogP) is 7.95. The molecule has 2 heterocycles. The Labute approximate surface area is 280 Å². The van der Waals surface area contributed by atoms with E-state index < -0.39 is 17.9 Å². The van der Waals surface area contributed by atoms with E-state index in [0.717, 1.165) is 6.42 Å². The molecule has 2 aliphatic carbocycles. The van der Waals surface area contributed by atoms with Crippen LogP contribution in [0.5, 0.6) is 0 Å². The highest BCUT2D eigenvalue weighted by molar-refractivity contribution is 6.35. The maximum Gasteiger partial charge on any atom is 0.339 e. The summed E-state index contributed by atoms with van der Waals surface area (Å²) in [5.74, 6) is -1.68. The minimum absolute atomic E-state index is 0.0960. The molecule has 0 N–H and O–H groups in total. The van der Waals surface area contributed by atoms with Crippen LogP contribution in [-0.2, 0) is 14.3 Å². The van der Waals surface area contributed by atoms with Gasteiger partial charge in [-0.05, 0) is 73.7 Å². The summed E-state index contributed by atoms with van der Waals surface area (Å²) >= 11 is 18.5. The van der Waals surface area contributed by atoms with E-state index in [0.29, 0.717) is 43.5 Å². The summed E-state index contributed by atoms with van der Waals surface area (Å²) in [6.45, 7) is 2.04. The lowest BCUT2D eigenvalue weighted by Crippen LogP contribution is -2.32. The molecule has 2 fully saturated rings. The highest BCUT2D eigenvalue weighted by Crippen LogP contribution is 2.56. The van der Waals surface area contributed by atoms with Gasteiger partial charge in [-0.2, -0.15) is 0 Å². The van der Waals surface area contributed by atoms with Crippen LogP contribution in [0.25, 0.3) is 22.2 Å². The van der Waals surface area contributed by atoms with Gasteiger partial charge in [-0.25, -0.2) is 9.78 Å². The number of pyridine rings is 1. The van der Waals surface area contributed by atoms with Crippen LogP contribution in [0.2, 0.25) is 10.0 Å². The van der Waals surface area contributed by atoms with Crippen molar-refractivity contribution in [3.05, 3.63) is 106 Å². The number of Topliss-reactive ketones (excluding diaryl/α,β-unsaturated/α-hetero) is 1. The number of alkyl halides is 1. The van der Waals surface area contributed by atoms with Gasteiger partial charge in [0.25, 0.3) is 0 Å². The number of halogens is 3. The Kier molecular flexibility index (Phi) is 7.96. The molecular weight excluding hydrogens is 647 g/mol. The molecule has 1 saturated carbocycles. The molecule has 0 radical (unpaired) electrons. The minimum atomic E-state index is -1.12. The van der Waals surface area contributed by atoms with Gasteiger partial charge in [-0.1, -0.05) is 59.1 Å². The Balaban J connectivity index is 1.19. The maximum atomic E-state index is 13.7. The highest BCUT2D eigenvalue weighted by atomic mass is 35.5. The van der Waals surface area contributed by atoms with Crippen LogP contribution in [0.3, 0.4) is 0 Å². The number of rotatable bonds is 8. The van der Waals surface area contributed by atoms with Gasteiger partial charge in [0.05, 0.1) is 39.3 Å². The number of ether oxygens (including phenoxy) is 1. The van der Waals surface area contributed by atoms with Gasteiger partial charge in [0.1, 0.15) is 0 Å². The number of hydrogen-bond acceptors (Lipinski definition) is 6. The number of esters is 1. The average Bonchev–Trinajstić information content (AvgIpc) is 3.70. The number of benzene rings is 3. The van der Waals surface area contributed by atoms with E-state index in [2.05, 4.69) is 6.08 Å². The molecule has 1 saturated heterocycles. The first kappa shape index (κ1) is 30.6. The van der Waals surface area contributed by atoms with Crippen LogP contribution in [0.4, 0.5) is 5.69 Å². The number of para-hydroxylation sites is 1. The molecule has 2 bridgehead atoms. The Morgan fingerprint density at radius 2 is 1.70 bits per heavy atom. The van der Waals surface area contributed by atoms with Crippen molar-refractivity contribution in [2.24, 2.45) is 23.7 Å². The number of imide groups is 1. The number of carbonyl (C=O) groups excluding carboxylic acids is 4. The zero-order valence-electron chi connectivity index (χ0n) is 24.6. The van der Waals surface area contributed by atoms with E-state index in [1.165, 1.54) is 10.5 Å². The Morgan fingerprint density at radius 3 is 2.41 bits per heavy atom. The fourth-order valence-corrected chi connectivity index (χ4v) is 7.72. The molecule has 10 heteroatoms. The molecule has 7 rings (SSSR count). The minimum Gasteiger partial charge on any atom is -0.450 e. The lowest BCUT2D eigenvalue weighted by molar-refractivity contribution is -0.123. The van der Waals surface area contributed by atoms with E-state index in [9.17, 15) is 19.2 Å². The second-order valence-corrected chi connectivity index (χ2v) is 13.2. The van der Waals surface area contributed by atoms with Crippen molar-refractivity contribution in [1.82, 2.24) is 4.98 Å². The van der Waals surface area contributed by atoms with Gasteiger partial charge in [0, 0.05) is 33.8 Å². The van der Waals surface area contributed by atoms with Gasteiger partial charge in [-0.3, -0.25) is 19.3 Å². The van der Waals surface area contributed by atoms with Gasteiger partial charge >= 0.3 is 5.97 Å². The van der Waals surface area contributed by atoms with Crippen molar-refractivity contribution >= 4 is 75.0 Å². The number of anilines is 1. The predicted molar refractivity (Wildman–Crippen MR) is 177 cm³/mol. The fourth-order valence-electron chi connectivity index (χ4n) is 7.18. The maximum absolute atomic E-state index is 13.7. The fraction of sp³-hybridized carbons (Fsp3) is 0.250. The highest BCUT2D eigenvalue weighted by Gasteiger charge is 2.60. The van der Waals surface area contributed by atoms with Crippen LogP contribution < -0.4 is 4.90 Å². The number of amides is 2. The van der Waals surface area contributed by atoms with E-state index in [-0.39, 0.29) is 53.4 Å². The Hall–Kier alpha value is -4.04. The van der Waals surface area contributed by atoms with Gasteiger partial charge < -0.3 is 4.74 Å². The zero-order valence-corrected chi connectivity index (χ0v) is 26.9. The summed E-state index contributed by atoms with van der Waals surface area (Å²) in [5, 5.41) is 1.27. The number of fused-ring (bicyclic) bond motifs is 6. The standard InChI is InChI=1S/C36H27Cl3N2O5/c1-18-15-21-16-25(18)31-30(21)34(43)41(35(31)44)23-11-7-19(8-12-23)28-17-26(24-3-2-4-27(39)32(24)40-28)36(45)46-29(13-14-37)33(42)20-5-9-22(38)10-6-20/h2-12,15,17,21,25,29-31H,13-14,16H2,1H3. The molecule has 0 spiro atoms. The molecule has 46 heavy (non-hydrogen) atoms. The third-order valence-electron chi connectivity index (χ3n) is 9.35. The molecule has 7 nitrogen and oxygen atoms in total. The molecule has 5 atom stereocenters. The van der Waals surface area contributed by atoms with Crippen molar-refractivity contribution in [2.75, 3.05) is 10.8 Å².